The molecule has 3 aromatic rings. The first-order chi connectivity index (χ1) is 9.18. The molecule has 0 bridgehead atoms. The molecule has 0 spiro atoms. The van der Waals surface area contributed by atoms with Crippen molar-refractivity contribution in [2.45, 2.75) is 19.9 Å². The molecule has 0 aliphatic carbocycles. The van der Waals surface area contributed by atoms with Crippen LogP contribution < -0.4 is 5.73 Å². The number of aryl methyl sites for hydroxylation is 1. The van der Waals surface area contributed by atoms with E-state index < -0.39 is 0 Å². The van der Waals surface area contributed by atoms with Gasteiger partial charge >= 0.3 is 0 Å². The maximum absolute atomic E-state index is 6.08. The van der Waals surface area contributed by atoms with E-state index in [4.69, 9.17) is 5.73 Å². The predicted octanol–water partition coefficient (Wildman–Crippen LogP) is 3.35. The van der Waals surface area contributed by atoms with Crippen LogP contribution in [0.25, 0.3) is 16.7 Å². The SMILES string of the molecule is Cc1cccc2nc(C(C)N)n(-c3ccccc3)c12. The van der Waals surface area contributed by atoms with Crippen molar-refractivity contribution in [2.75, 3.05) is 0 Å². The maximum atomic E-state index is 6.08. The van der Waals surface area contributed by atoms with E-state index in [-0.39, 0.29) is 6.04 Å². The van der Waals surface area contributed by atoms with Crippen molar-refractivity contribution < 1.29 is 0 Å². The molecule has 0 saturated heterocycles. The van der Waals surface area contributed by atoms with Crippen molar-refractivity contribution in [1.29, 1.82) is 0 Å². The summed E-state index contributed by atoms with van der Waals surface area (Å²) in [7, 11) is 0. The molecular weight excluding hydrogens is 234 g/mol. The van der Waals surface area contributed by atoms with Crippen molar-refractivity contribution >= 4 is 11.0 Å². The fraction of sp³-hybridized carbons (Fsp3) is 0.188. The lowest BCUT2D eigenvalue weighted by atomic mass is 10.2. The third-order valence-corrected chi connectivity index (χ3v) is 3.33. The standard InChI is InChI=1S/C16H17N3/c1-11-7-6-10-14-15(11)19(16(18-14)12(2)17)13-8-4-3-5-9-13/h3-10,12H,17H2,1-2H3. The van der Waals surface area contributed by atoms with Crippen LogP contribution in [0.5, 0.6) is 0 Å². The highest BCUT2D eigenvalue weighted by molar-refractivity contribution is 5.81. The first-order valence-electron chi connectivity index (χ1n) is 6.47. The van der Waals surface area contributed by atoms with Crippen LogP contribution >= 0.6 is 0 Å². The van der Waals surface area contributed by atoms with E-state index in [1.807, 2.05) is 37.3 Å². The highest BCUT2D eigenvalue weighted by Crippen LogP contribution is 2.26. The normalized spacial score (nSPS) is 12.8. The smallest absolute Gasteiger partial charge is 0.131 e. The topological polar surface area (TPSA) is 43.8 Å². The van der Waals surface area contributed by atoms with E-state index in [0.717, 1.165) is 22.5 Å². The van der Waals surface area contributed by atoms with Gasteiger partial charge in [0, 0.05) is 5.69 Å². The summed E-state index contributed by atoms with van der Waals surface area (Å²) in [6.45, 7) is 4.07. The average Bonchev–Trinajstić information content (AvgIpc) is 2.81. The van der Waals surface area contributed by atoms with E-state index in [2.05, 4.69) is 34.7 Å². The number of imidazole rings is 1. The Labute approximate surface area is 112 Å². The van der Waals surface area contributed by atoms with Crippen molar-refractivity contribution in [3.05, 3.63) is 59.9 Å². The fourth-order valence-electron chi connectivity index (χ4n) is 2.46. The van der Waals surface area contributed by atoms with E-state index >= 15 is 0 Å². The maximum Gasteiger partial charge on any atom is 0.131 e. The van der Waals surface area contributed by atoms with Crippen LogP contribution in [-0.2, 0) is 0 Å². The summed E-state index contributed by atoms with van der Waals surface area (Å²) >= 11 is 0. The lowest BCUT2D eigenvalue weighted by molar-refractivity contribution is 0.727. The molecule has 1 atom stereocenters. The number of nitrogens with two attached hydrogens (primary N) is 1. The lowest BCUT2D eigenvalue weighted by Crippen LogP contribution is -2.12. The molecule has 3 heteroatoms. The minimum atomic E-state index is -0.105. The van der Waals surface area contributed by atoms with Gasteiger partial charge in [-0.25, -0.2) is 4.98 Å². The van der Waals surface area contributed by atoms with Crippen LogP contribution in [0.2, 0.25) is 0 Å². The van der Waals surface area contributed by atoms with Gasteiger partial charge in [0.15, 0.2) is 0 Å². The summed E-state index contributed by atoms with van der Waals surface area (Å²) in [4.78, 5) is 4.69. The van der Waals surface area contributed by atoms with Crippen LogP contribution in [0.15, 0.2) is 48.5 Å². The molecule has 96 valence electrons. The number of hydrogen-bond acceptors (Lipinski definition) is 2. The van der Waals surface area contributed by atoms with Gasteiger partial charge in [-0.3, -0.25) is 4.57 Å². The number of nitrogens with zero attached hydrogens (tertiary/aromatic N) is 2. The molecule has 1 unspecified atom stereocenters. The van der Waals surface area contributed by atoms with Gasteiger partial charge in [-0.2, -0.15) is 0 Å². The zero-order valence-corrected chi connectivity index (χ0v) is 11.2. The molecule has 1 heterocycles. The molecule has 2 N–H and O–H groups in total. The van der Waals surface area contributed by atoms with E-state index in [9.17, 15) is 0 Å². The molecular formula is C16H17N3. The molecule has 0 aliphatic heterocycles. The van der Waals surface area contributed by atoms with Crippen LogP contribution in [0.3, 0.4) is 0 Å². The lowest BCUT2D eigenvalue weighted by Gasteiger charge is -2.12. The molecule has 3 nitrogen and oxygen atoms in total. The second-order valence-electron chi connectivity index (χ2n) is 4.87. The Morgan fingerprint density at radius 3 is 2.47 bits per heavy atom. The molecule has 19 heavy (non-hydrogen) atoms. The Hall–Kier alpha value is -2.13. The highest BCUT2D eigenvalue weighted by atomic mass is 15.1. The Morgan fingerprint density at radius 2 is 1.79 bits per heavy atom. The Kier molecular flexibility index (Phi) is 2.84. The first-order valence-corrected chi connectivity index (χ1v) is 6.47. The second kappa shape index (κ2) is 4.52. The third kappa shape index (κ3) is 1.92. The number of para-hydroxylation sites is 2. The Morgan fingerprint density at radius 1 is 1.05 bits per heavy atom. The minimum Gasteiger partial charge on any atom is -0.322 e. The van der Waals surface area contributed by atoms with Crippen LogP contribution in [0, 0.1) is 6.92 Å². The zero-order chi connectivity index (χ0) is 13.4. The molecule has 1 aromatic heterocycles. The summed E-state index contributed by atoms with van der Waals surface area (Å²) in [6, 6.07) is 16.3. The van der Waals surface area contributed by atoms with Crippen LogP contribution in [0.1, 0.15) is 24.4 Å². The van der Waals surface area contributed by atoms with Crippen molar-refractivity contribution in [3.8, 4) is 5.69 Å². The van der Waals surface area contributed by atoms with Gasteiger partial charge in [0.25, 0.3) is 0 Å². The first kappa shape index (κ1) is 11.9. The van der Waals surface area contributed by atoms with E-state index in [1.165, 1.54) is 5.56 Å². The Bertz CT molecular complexity index is 711. The quantitative estimate of drug-likeness (QED) is 0.759. The largest absolute Gasteiger partial charge is 0.322 e. The van der Waals surface area contributed by atoms with Gasteiger partial charge in [0.2, 0.25) is 0 Å². The number of rotatable bonds is 2. The van der Waals surface area contributed by atoms with Gasteiger partial charge < -0.3 is 5.73 Å². The molecule has 0 radical (unpaired) electrons. The number of benzene rings is 2. The second-order valence-corrected chi connectivity index (χ2v) is 4.87. The zero-order valence-electron chi connectivity index (χ0n) is 11.2. The van der Waals surface area contributed by atoms with Gasteiger partial charge in [-0.05, 0) is 37.6 Å². The van der Waals surface area contributed by atoms with Crippen LogP contribution in [0.4, 0.5) is 0 Å². The fourth-order valence-corrected chi connectivity index (χ4v) is 2.46. The average molecular weight is 251 g/mol. The van der Waals surface area contributed by atoms with Gasteiger partial charge in [0.05, 0.1) is 17.1 Å². The molecule has 0 fully saturated rings. The monoisotopic (exact) mass is 251 g/mol. The number of aromatic nitrogens is 2. The predicted molar refractivity (Wildman–Crippen MR) is 78.4 cm³/mol. The number of hydrogen-bond donors (Lipinski definition) is 1. The Balaban J connectivity index is 2.40. The highest BCUT2D eigenvalue weighted by Gasteiger charge is 2.16. The summed E-state index contributed by atoms with van der Waals surface area (Å²) in [5, 5.41) is 0. The summed E-state index contributed by atoms with van der Waals surface area (Å²) < 4.78 is 2.16. The van der Waals surface area contributed by atoms with Crippen LogP contribution in [-0.4, -0.2) is 9.55 Å². The van der Waals surface area contributed by atoms with Gasteiger partial charge in [-0.1, -0.05) is 30.3 Å². The van der Waals surface area contributed by atoms with Gasteiger partial charge in [0.1, 0.15) is 5.82 Å². The molecule has 0 saturated carbocycles. The summed E-state index contributed by atoms with van der Waals surface area (Å²) in [5.41, 5.74) is 10.5. The summed E-state index contributed by atoms with van der Waals surface area (Å²) in [6.07, 6.45) is 0. The molecule has 0 aliphatic rings. The minimum absolute atomic E-state index is 0.105. The van der Waals surface area contributed by atoms with E-state index in [0.29, 0.717) is 0 Å². The van der Waals surface area contributed by atoms with Crippen molar-refractivity contribution in [1.82, 2.24) is 9.55 Å². The number of fused-ring (bicyclic) bond motifs is 1. The van der Waals surface area contributed by atoms with Crippen molar-refractivity contribution in [3.63, 3.8) is 0 Å². The van der Waals surface area contributed by atoms with E-state index in [1.54, 1.807) is 0 Å². The summed E-state index contributed by atoms with van der Waals surface area (Å²) in [5.74, 6) is 0.899. The molecule has 0 amide bonds. The molecule has 2 aromatic carbocycles. The van der Waals surface area contributed by atoms with Crippen molar-refractivity contribution in [2.24, 2.45) is 5.73 Å². The third-order valence-electron chi connectivity index (χ3n) is 3.33. The molecule has 3 rings (SSSR count). The van der Waals surface area contributed by atoms with Gasteiger partial charge in [-0.15, -0.1) is 0 Å².